The largest absolute Gasteiger partial charge is 0.366 e. The first-order valence-electron chi connectivity index (χ1n) is 7.92. The second-order valence-corrected chi connectivity index (χ2v) is 6.69. The van der Waals surface area contributed by atoms with Gasteiger partial charge in [-0.05, 0) is 50.8 Å². The Bertz CT molecular complexity index is 420. The van der Waals surface area contributed by atoms with E-state index in [1.807, 2.05) is 0 Å². The second kappa shape index (κ2) is 5.98. The third-order valence-corrected chi connectivity index (χ3v) is 4.37. The lowest BCUT2D eigenvalue weighted by Crippen LogP contribution is -2.41. The summed E-state index contributed by atoms with van der Waals surface area (Å²) in [5.41, 5.74) is 4.69. The van der Waals surface area contributed by atoms with Gasteiger partial charge in [0, 0.05) is 17.8 Å². The van der Waals surface area contributed by atoms with Crippen LogP contribution in [0.25, 0.3) is 0 Å². The van der Waals surface area contributed by atoms with E-state index in [2.05, 4.69) is 50.8 Å². The van der Waals surface area contributed by atoms with Crippen LogP contribution in [-0.2, 0) is 6.42 Å². The fourth-order valence-electron chi connectivity index (χ4n) is 3.26. The van der Waals surface area contributed by atoms with Crippen molar-refractivity contribution in [3.05, 3.63) is 29.3 Å². The fraction of sp³-hybridized carbons (Fsp3) is 0.667. The first-order valence-corrected chi connectivity index (χ1v) is 7.92. The van der Waals surface area contributed by atoms with Crippen LogP contribution in [0.4, 0.5) is 5.69 Å². The van der Waals surface area contributed by atoms with E-state index in [1.165, 1.54) is 61.9 Å². The monoisotopic (exact) mass is 259 g/mol. The SMILES string of the molecule is CCCCCCCN1c2cc(C)ccc2CC1(C)C. The summed E-state index contributed by atoms with van der Waals surface area (Å²) < 4.78 is 0. The van der Waals surface area contributed by atoms with Gasteiger partial charge >= 0.3 is 0 Å². The number of unbranched alkanes of at least 4 members (excludes halogenated alkanes) is 4. The third-order valence-electron chi connectivity index (χ3n) is 4.37. The molecule has 0 atom stereocenters. The highest BCUT2D eigenvalue weighted by Crippen LogP contribution is 2.39. The van der Waals surface area contributed by atoms with Gasteiger partial charge in [-0.25, -0.2) is 0 Å². The summed E-state index contributed by atoms with van der Waals surface area (Å²) in [6.45, 7) is 10.5. The molecule has 0 bridgehead atoms. The zero-order valence-corrected chi connectivity index (χ0v) is 13.1. The zero-order valence-electron chi connectivity index (χ0n) is 13.1. The molecule has 0 radical (unpaired) electrons. The summed E-state index contributed by atoms with van der Waals surface area (Å²) in [6.07, 6.45) is 8.01. The number of benzene rings is 1. The van der Waals surface area contributed by atoms with E-state index < -0.39 is 0 Å². The first-order chi connectivity index (χ1) is 9.04. The van der Waals surface area contributed by atoms with Crippen molar-refractivity contribution in [3.63, 3.8) is 0 Å². The van der Waals surface area contributed by atoms with Gasteiger partial charge in [-0.3, -0.25) is 0 Å². The second-order valence-electron chi connectivity index (χ2n) is 6.69. The van der Waals surface area contributed by atoms with Crippen molar-refractivity contribution in [2.24, 2.45) is 0 Å². The maximum absolute atomic E-state index is 2.64. The van der Waals surface area contributed by atoms with E-state index in [0.29, 0.717) is 5.54 Å². The minimum Gasteiger partial charge on any atom is -0.366 e. The Balaban J connectivity index is 2.00. The first kappa shape index (κ1) is 14.4. The molecule has 2 rings (SSSR count). The maximum Gasteiger partial charge on any atom is 0.0406 e. The number of rotatable bonds is 6. The lowest BCUT2D eigenvalue weighted by molar-refractivity contribution is 0.473. The predicted octanol–water partition coefficient (Wildman–Crippen LogP) is 5.11. The maximum atomic E-state index is 2.64. The van der Waals surface area contributed by atoms with Gasteiger partial charge in [0.05, 0.1) is 0 Å². The molecule has 0 aliphatic carbocycles. The van der Waals surface area contributed by atoms with Gasteiger partial charge in [0.1, 0.15) is 0 Å². The lowest BCUT2D eigenvalue weighted by Gasteiger charge is -2.34. The van der Waals surface area contributed by atoms with Crippen molar-refractivity contribution < 1.29 is 0 Å². The van der Waals surface area contributed by atoms with Crippen LogP contribution < -0.4 is 4.90 Å². The number of anilines is 1. The molecule has 0 saturated carbocycles. The number of aryl methyl sites for hydroxylation is 1. The smallest absolute Gasteiger partial charge is 0.0406 e. The van der Waals surface area contributed by atoms with Crippen molar-refractivity contribution in [2.45, 2.75) is 71.8 Å². The van der Waals surface area contributed by atoms with E-state index in [4.69, 9.17) is 0 Å². The molecule has 1 aromatic carbocycles. The predicted molar refractivity (Wildman–Crippen MR) is 85.1 cm³/mol. The van der Waals surface area contributed by atoms with Crippen molar-refractivity contribution in [1.82, 2.24) is 0 Å². The van der Waals surface area contributed by atoms with Gasteiger partial charge in [0.25, 0.3) is 0 Å². The van der Waals surface area contributed by atoms with Crippen LogP contribution >= 0.6 is 0 Å². The van der Waals surface area contributed by atoms with E-state index in [1.54, 1.807) is 0 Å². The van der Waals surface area contributed by atoms with Crippen molar-refractivity contribution in [1.29, 1.82) is 0 Å². The quantitative estimate of drug-likeness (QED) is 0.642. The highest BCUT2D eigenvalue weighted by Gasteiger charge is 2.35. The number of hydrogen-bond donors (Lipinski definition) is 0. The lowest BCUT2D eigenvalue weighted by atomic mass is 9.99. The van der Waals surface area contributed by atoms with Crippen LogP contribution in [0.2, 0.25) is 0 Å². The van der Waals surface area contributed by atoms with Crippen LogP contribution in [0.3, 0.4) is 0 Å². The molecule has 0 saturated heterocycles. The third kappa shape index (κ3) is 3.32. The summed E-state index contributed by atoms with van der Waals surface area (Å²) in [6, 6.07) is 6.94. The van der Waals surface area contributed by atoms with Crippen molar-refractivity contribution in [3.8, 4) is 0 Å². The van der Waals surface area contributed by atoms with Gasteiger partial charge in [-0.15, -0.1) is 0 Å². The van der Waals surface area contributed by atoms with Crippen LogP contribution in [0.5, 0.6) is 0 Å². The van der Waals surface area contributed by atoms with E-state index in [-0.39, 0.29) is 0 Å². The molecular formula is C18H29N. The molecule has 0 unspecified atom stereocenters. The van der Waals surface area contributed by atoms with Crippen LogP contribution in [0, 0.1) is 6.92 Å². The van der Waals surface area contributed by atoms with Crippen molar-refractivity contribution in [2.75, 3.05) is 11.4 Å². The average molecular weight is 259 g/mol. The molecular weight excluding hydrogens is 230 g/mol. The molecule has 1 heteroatoms. The van der Waals surface area contributed by atoms with Crippen LogP contribution in [0.1, 0.15) is 64.0 Å². The molecule has 1 heterocycles. The Morgan fingerprint density at radius 1 is 1.11 bits per heavy atom. The molecule has 1 nitrogen and oxygen atoms in total. The molecule has 0 amide bonds. The van der Waals surface area contributed by atoms with Crippen molar-refractivity contribution >= 4 is 5.69 Å². The Morgan fingerprint density at radius 3 is 2.58 bits per heavy atom. The molecule has 1 aliphatic heterocycles. The molecule has 0 N–H and O–H groups in total. The Kier molecular flexibility index (Phi) is 4.54. The molecule has 1 aromatic rings. The summed E-state index contributed by atoms with van der Waals surface area (Å²) in [5.74, 6) is 0. The minimum atomic E-state index is 0.293. The Morgan fingerprint density at radius 2 is 1.84 bits per heavy atom. The minimum absolute atomic E-state index is 0.293. The topological polar surface area (TPSA) is 3.24 Å². The highest BCUT2D eigenvalue weighted by atomic mass is 15.2. The molecule has 19 heavy (non-hydrogen) atoms. The molecule has 106 valence electrons. The van der Waals surface area contributed by atoms with E-state index >= 15 is 0 Å². The summed E-state index contributed by atoms with van der Waals surface area (Å²) in [7, 11) is 0. The molecule has 0 fully saturated rings. The number of hydrogen-bond acceptors (Lipinski definition) is 1. The molecule has 1 aliphatic rings. The molecule has 0 spiro atoms. The summed E-state index contributed by atoms with van der Waals surface area (Å²) >= 11 is 0. The highest BCUT2D eigenvalue weighted by molar-refractivity contribution is 5.62. The Hall–Kier alpha value is -0.980. The summed E-state index contributed by atoms with van der Waals surface area (Å²) in [5, 5.41) is 0. The van der Waals surface area contributed by atoms with Gasteiger partial charge in [-0.1, -0.05) is 44.7 Å². The normalized spacial score (nSPS) is 16.7. The zero-order chi connectivity index (χ0) is 13.9. The van der Waals surface area contributed by atoms with Crippen LogP contribution in [0.15, 0.2) is 18.2 Å². The van der Waals surface area contributed by atoms with Gasteiger partial charge in [0.2, 0.25) is 0 Å². The average Bonchev–Trinajstić information content (AvgIpc) is 2.60. The Labute approximate surface area is 119 Å². The van der Waals surface area contributed by atoms with Gasteiger partial charge < -0.3 is 4.90 Å². The number of fused-ring (bicyclic) bond motifs is 1. The molecule has 0 aromatic heterocycles. The van der Waals surface area contributed by atoms with Gasteiger partial charge in [0.15, 0.2) is 0 Å². The summed E-state index contributed by atoms with van der Waals surface area (Å²) in [4.78, 5) is 2.64. The van der Waals surface area contributed by atoms with E-state index in [0.717, 1.165) is 0 Å². The fourth-order valence-corrected chi connectivity index (χ4v) is 3.26. The van der Waals surface area contributed by atoms with Crippen LogP contribution in [-0.4, -0.2) is 12.1 Å². The van der Waals surface area contributed by atoms with E-state index in [9.17, 15) is 0 Å². The standard InChI is InChI=1S/C18H29N/c1-5-6-7-8-9-12-19-17-13-15(2)10-11-16(17)14-18(19,3)4/h10-11,13H,5-9,12,14H2,1-4H3. The van der Waals surface area contributed by atoms with Gasteiger partial charge in [-0.2, -0.15) is 0 Å². The number of nitrogens with zero attached hydrogens (tertiary/aromatic N) is 1.